The molecule has 0 saturated heterocycles. The van der Waals surface area contributed by atoms with E-state index in [0.29, 0.717) is 16.4 Å². The van der Waals surface area contributed by atoms with Gasteiger partial charge in [0.25, 0.3) is 0 Å². The summed E-state index contributed by atoms with van der Waals surface area (Å²) in [5.41, 5.74) is 6.84. The number of nitrogens with zero attached hydrogens (tertiary/aromatic N) is 2. The molecule has 0 radical (unpaired) electrons. The second-order valence-electron chi connectivity index (χ2n) is 4.83. The lowest BCUT2D eigenvalue weighted by Crippen LogP contribution is -2.04. The van der Waals surface area contributed by atoms with E-state index in [2.05, 4.69) is 20.0 Å². The molecule has 0 saturated carbocycles. The second kappa shape index (κ2) is 7.22. The van der Waals surface area contributed by atoms with Gasteiger partial charge in [-0.1, -0.05) is 11.3 Å². The predicted molar refractivity (Wildman–Crippen MR) is 90.6 cm³/mol. The molecule has 128 valence electrons. The summed E-state index contributed by atoms with van der Waals surface area (Å²) in [5, 5.41) is 3.46. The largest absolute Gasteiger partial charge is 0.435 e. The van der Waals surface area contributed by atoms with Crippen molar-refractivity contribution in [2.75, 3.05) is 11.1 Å². The minimum atomic E-state index is -2.92. The molecule has 0 spiro atoms. The molecule has 0 unspecified atom stereocenters. The van der Waals surface area contributed by atoms with Gasteiger partial charge in [-0.3, -0.25) is 9.78 Å². The van der Waals surface area contributed by atoms with Gasteiger partial charge in [0.2, 0.25) is 5.78 Å². The Hall–Kier alpha value is -3.07. The molecule has 0 aliphatic rings. The third-order valence-electron chi connectivity index (χ3n) is 3.11. The number of nitrogen functional groups attached to an aromatic ring is 1. The minimum Gasteiger partial charge on any atom is -0.435 e. The van der Waals surface area contributed by atoms with E-state index < -0.39 is 6.61 Å². The van der Waals surface area contributed by atoms with Crippen molar-refractivity contribution in [3.8, 4) is 5.75 Å². The van der Waals surface area contributed by atoms with E-state index in [1.165, 1.54) is 24.3 Å². The van der Waals surface area contributed by atoms with Crippen LogP contribution in [0, 0.1) is 0 Å². The van der Waals surface area contributed by atoms with Crippen LogP contribution < -0.4 is 15.8 Å². The Balaban J connectivity index is 1.78. The highest BCUT2D eigenvalue weighted by Gasteiger charge is 2.18. The Kier molecular flexibility index (Phi) is 4.85. The molecule has 3 rings (SSSR count). The zero-order valence-electron chi connectivity index (χ0n) is 12.6. The van der Waals surface area contributed by atoms with Crippen LogP contribution in [0.2, 0.25) is 0 Å². The van der Waals surface area contributed by atoms with E-state index in [-0.39, 0.29) is 22.2 Å². The number of thiazole rings is 1. The number of carbonyl (C=O) groups is 1. The summed E-state index contributed by atoms with van der Waals surface area (Å²) in [7, 11) is 0. The first-order valence-electron chi connectivity index (χ1n) is 7.06. The summed E-state index contributed by atoms with van der Waals surface area (Å²) in [6.45, 7) is -2.92. The van der Waals surface area contributed by atoms with Crippen molar-refractivity contribution < 1.29 is 18.3 Å². The molecule has 3 aromatic rings. The van der Waals surface area contributed by atoms with Crippen molar-refractivity contribution in [2.24, 2.45) is 0 Å². The SMILES string of the molecule is Nc1nc(Nc2cccnc2)sc1C(=O)c1ccc(OC(F)F)cc1. The molecule has 0 aliphatic heterocycles. The van der Waals surface area contributed by atoms with Gasteiger partial charge in [0.1, 0.15) is 16.4 Å². The normalized spacial score (nSPS) is 10.7. The molecule has 0 aliphatic carbocycles. The first-order chi connectivity index (χ1) is 12.0. The number of aromatic nitrogens is 2. The van der Waals surface area contributed by atoms with E-state index in [1.807, 2.05) is 0 Å². The van der Waals surface area contributed by atoms with Crippen molar-refractivity contribution in [1.29, 1.82) is 0 Å². The van der Waals surface area contributed by atoms with E-state index >= 15 is 0 Å². The fraction of sp³-hybridized carbons (Fsp3) is 0.0625. The molecule has 2 heterocycles. The van der Waals surface area contributed by atoms with Gasteiger partial charge in [-0.25, -0.2) is 4.98 Å². The molecule has 25 heavy (non-hydrogen) atoms. The Morgan fingerprint density at radius 3 is 2.64 bits per heavy atom. The summed E-state index contributed by atoms with van der Waals surface area (Å²) in [5.74, 6) is -0.283. The number of alkyl halides is 2. The highest BCUT2D eigenvalue weighted by molar-refractivity contribution is 7.18. The Morgan fingerprint density at radius 2 is 2.00 bits per heavy atom. The van der Waals surface area contributed by atoms with Gasteiger partial charge in [0, 0.05) is 11.8 Å². The van der Waals surface area contributed by atoms with E-state index in [0.717, 1.165) is 11.3 Å². The number of rotatable bonds is 6. The van der Waals surface area contributed by atoms with E-state index in [4.69, 9.17) is 5.73 Å². The van der Waals surface area contributed by atoms with Crippen molar-refractivity contribution in [1.82, 2.24) is 9.97 Å². The number of ketones is 1. The maximum atomic E-state index is 12.5. The summed E-state index contributed by atoms with van der Waals surface area (Å²) in [6, 6.07) is 8.94. The van der Waals surface area contributed by atoms with Crippen LogP contribution in [-0.4, -0.2) is 22.4 Å². The minimum absolute atomic E-state index is 0.0252. The van der Waals surface area contributed by atoms with Gasteiger partial charge in [0.05, 0.1) is 11.9 Å². The number of hydrogen-bond acceptors (Lipinski definition) is 7. The lowest BCUT2D eigenvalue weighted by molar-refractivity contribution is -0.0498. The molecule has 6 nitrogen and oxygen atoms in total. The van der Waals surface area contributed by atoms with E-state index in [9.17, 15) is 13.6 Å². The lowest BCUT2D eigenvalue weighted by atomic mass is 10.1. The second-order valence-corrected chi connectivity index (χ2v) is 5.83. The van der Waals surface area contributed by atoms with Gasteiger partial charge < -0.3 is 15.8 Å². The Morgan fingerprint density at radius 1 is 1.24 bits per heavy atom. The number of ether oxygens (including phenoxy) is 1. The fourth-order valence-electron chi connectivity index (χ4n) is 2.03. The number of anilines is 3. The van der Waals surface area contributed by atoms with Crippen molar-refractivity contribution >= 4 is 33.8 Å². The monoisotopic (exact) mass is 362 g/mol. The number of halogens is 2. The standard InChI is InChI=1S/C16H12F2N4O2S/c17-15(18)24-11-5-3-9(4-6-11)12(23)13-14(19)22-16(25-13)21-10-2-1-7-20-8-10/h1-8,15H,19H2,(H,21,22). The van der Waals surface area contributed by atoms with Crippen molar-refractivity contribution in [2.45, 2.75) is 6.61 Å². The van der Waals surface area contributed by atoms with Crippen LogP contribution in [0.4, 0.5) is 25.4 Å². The lowest BCUT2D eigenvalue weighted by Gasteiger charge is -2.04. The quantitative estimate of drug-likeness (QED) is 0.650. The summed E-state index contributed by atoms with van der Waals surface area (Å²) in [4.78, 5) is 20.9. The number of nitrogens with one attached hydrogen (secondary N) is 1. The van der Waals surface area contributed by atoms with Crippen LogP contribution in [0.25, 0.3) is 0 Å². The predicted octanol–water partition coefficient (Wildman–Crippen LogP) is 3.70. The highest BCUT2D eigenvalue weighted by Crippen LogP contribution is 2.30. The zero-order valence-corrected chi connectivity index (χ0v) is 13.5. The highest BCUT2D eigenvalue weighted by atomic mass is 32.1. The molecule has 3 N–H and O–H groups in total. The fourth-order valence-corrected chi connectivity index (χ4v) is 2.89. The number of pyridine rings is 1. The third-order valence-corrected chi connectivity index (χ3v) is 4.10. The number of carbonyl (C=O) groups excluding carboxylic acids is 1. The number of nitrogens with two attached hydrogens (primary N) is 1. The maximum absolute atomic E-state index is 12.5. The molecule has 0 amide bonds. The van der Waals surface area contributed by atoms with Gasteiger partial charge >= 0.3 is 6.61 Å². The molecule has 1 aromatic carbocycles. The van der Waals surface area contributed by atoms with Crippen LogP contribution in [0.15, 0.2) is 48.8 Å². The van der Waals surface area contributed by atoms with Crippen LogP contribution in [0.5, 0.6) is 5.75 Å². The first kappa shape index (κ1) is 16.8. The molecule has 0 bridgehead atoms. The summed E-state index contributed by atoms with van der Waals surface area (Å²) >= 11 is 1.10. The van der Waals surface area contributed by atoms with Gasteiger partial charge in [-0.05, 0) is 36.4 Å². The van der Waals surface area contributed by atoms with Crippen molar-refractivity contribution in [3.63, 3.8) is 0 Å². The zero-order chi connectivity index (χ0) is 17.8. The van der Waals surface area contributed by atoms with Crippen LogP contribution in [0.3, 0.4) is 0 Å². The molecule has 0 atom stereocenters. The van der Waals surface area contributed by atoms with E-state index in [1.54, 1.807) is 24.5 Å². The summed E-state index contributed by atoms with van der Waals surface area (Å²) in [6.07, 6.45) is 3.25. The van der Waals surface area contributed by atoms with Crippen molar-refractivity contribution in [3.05, 3.63) is 59.2 Å². The third kappa shape index (κ3) is 4.07. The average molecular weight is 362 g/mol. The molecule has 9 heteroatoms. The Bertz CT molecular complexity index is 870. The molecule has 0 fully saturated rings. The van der Waals surface area contributed by atoms with Gasteiger partial charge in [-0.15, -0.1) is 0 Å². The van der Waals surface area contributed by atoms with Gasteiger partial charge in [-0.2, -0.15) is 8.78 Å². The molecular formula is C16H12F2N4O2S. The smallest absolute Gasteiger partial charge is 0.387 e. The Labute approximate surface area is 145 Å². The average Bonchev–Trinajstić information content (AvgIpc) is 2.95. The topological polar surface area (TPSA) is 90.1 Å². The van der Waals surface area contributed by atoms with Crippen LogP contribution >= 0.6 is 11.3 Å². The van der Waals surface area contributed by atoms with Gasteiger partial charge in [0.15, 0.2) is 5.13 Å². The first-order valence-corrected chi connectivity index (χ1v) is 7.87. The number of hydrogen-bond donors (Lipinski definition) is 2. The van der Waals surface area contributed by atoms with Crippen LogP contribution in [-0.2, 0) is 0 Å². The molecule has 2 aromatic heterocycles. The maximum Gasteiger partial charge on any atom is 0.387 e. The van der Waals surface area contributed by atoms with Crippen LogP contribution in [0.1, 0.15) is 15.2 Å². The summed E-state index contributed by atoms with van der Waals surface area (Å²) < 4.78 is 28.6. The number of benzene rings is 1. The molecular weight excluding hydrogens is 350 g/mol.